The molecule has 1 aliphatic rings. The second-order valence-electron chi connectivity index (χ2n) is 6.39. The van der Waals surface area contributed by atoms with Crippen LogP contribution in [0.5, 0.6) is 5.75 Å². The highest BCUT2D eigenvalue weighted by atomic mass is 19.1. The van der Waals surface area contributed by atoms with Gasteiger partial charge in [0.1, 0.15) is 5.82 Å². The number of pyridine rings is 1. The average molecular weight is 336 g/mol. The maximum absolute atomic E-state index is 13.8. The number of anilines is 2. The van der Waals surface area contributed by atoms with Crippen LogP contribution in [-0.4, -0.2) is 24.1 Å². The van der Waals surface area contributed by atoms with Crippen molar-refractivity contribution in [3.63, 3.8) is 0 Å². The van der Waals surface area contributed by atoms with Crippen LogP contribution in [0, 0.1) is 5.82 Å². The molecule has 1 N–H and O–H groups in total. The minimum Gasteiger partial charge on any atom is -0.380 e. The Bertz CT molecular complexity index is 891. The van der Waals surface area contributed by atoms with E-state index in [2.05, 4.69) is 10.3 Å². The summed E-state index contributed by atoms with van der Waals surface area (Å²) in [6.07, 6.45) is 1.67. The first-order chi connectivity index (χ1) is 12.2. The fraction of sp³-hybridized carbons (Fsp3) is 0.250. The van der Waals surface area contributed by atoms with Crippen LogP contribution in [-0.2, 0) is 5.11 Å². The molecule has 3 aromatic rings. The monoisotopic (exact) mass is 336 g/mol. The summed E-state index contributed by atoms with van der Waals surface area (Å²) in [7, 11) is 0. The summed E-state index contributed by atoms with van der Waals surface area (Å²) >= 11 is 0. The third-order valence-electron chi connectivity index (χ3n) is 4.70. The van der Waals surface area contributed by atoms with Crippen LogP contribution in [0.25, 0.3) is 10.9 Å². The SMILES string of the molecule is [O]c1cc2ccccc2nc1N1CCC(Nc2ccccc2F)CC1. The largest absolute Gasteiger partial charge is 0.380 e. The van der Waals surface area contributed by atoms with Gasteiger partial charge in [-0.3, -0.25) is 5.11 Å². The van der Waals surface area contributed by atoms with Crippen LogP contribution in [0.2, 0.25) is 0 Å². The topological polar surface area (TPSA) is 48.1 Å². The molecule has 0 amide bonds. The molecule has 5 heteroatoms. The van der Waals surface area contributed by atoms with Crippen molar-refractivity contribution in [1.29, 1.82) is 0 Å². The number of rotatable bonds is 3. The van der Waals surface area contributed by atoms with E-state index >= 15 is 0 Å². The number of para-hydroxylation sites is 2. The smallest absolute Gasteiger partial charge is 0.221 e. The highest BCUT2D eigenvalue weighted by Crippen LogP contribution is 2.31. The Morgan fingerprint density at radius 3 is 2.56 bits per heavy atom. The average Bonchev–Trinajstić information content (AvgIpc) is 2.64. The minimum atomic E-state index is -0.233. The molecule has 1 radical (unpaired) electrons. The number of hydrogen-bond donors (Lipinski definition) is 1. The summed E-state index contributed by atoms with van der Waals surface area (Å²) < 4.78 is 13.8. The van der Waals surface area contributed by atoms with E-state index in [0.29, 0.717) is 11.5 Å². The molecule has 1 aromatic heterocycles. The zero-order valence-electron chi connectivity index (χ0n) is 13.8. The van der Waals surface area contributed by atoms with E-state index in [-0.39, 0.29) is 17.6 Å². The first-order valence-electron chi connectivity index (χ1n) is 8.53. The molecule has 1 saturated heterocycles. The van der Waals surface area contributed by atoms with E-state index in [4.69, 9.17) is 0 Å². The highest BCUT2D eigenvalue weighted by molar-refractivity contribution is 5.83. The van der Waals surface area contributed by atoms with Gasteiger partial charge < -0.3 is 10.2 Å². The molecule has 0 atom stereocenters. The van der Waals surface area contributed by atoms with Crippen molar-refractivity contribution in [3.8, 4) is 5.75 Å². The second kappa shape index (κ2) is 6.59. The number of halogens is 1. The van der Waals surface area contributed by atoms with Gasteiger partial charge in [0, 0.05) is 24.5 Å². The van der Waals surface area contributed by atoms with E-state index in [0.717, 1.165) is 36.8 Å². The Morgan fingerprint density at radius 2 is 1.76 bits per heavy atom. The first-order valence-corrected chi connectivity index (χ1v) is 8.53. The number of nitrogens with zero attached hydrogens (tertiary/aromatic N) is 2. The van der Waals surface area contributed by atoms with Gasteiger partial charge in [0.25, 0.3) is 0 Å². The Kier molecular flexibility index (Phi) is 4.14. The lowest BCUT2D eigenvalue weighted by Crippen LogP contribution is -2.39. The van der Waals surface area contributed by atoms with Gasteiger partial charge in [-0.05, 0) is 37.1 Å². The van der Waals surface area contributed by atoms with Gasteiger partial charge in [-0.1, -0.05) is 30.3 Å². The van der Waals surface area contributed by atoms with Crippen molar-refractivity contribution in [1.82, 2.24) is 4.98 Å². The molecule has 2 aromatic carbocycles. The van der Waals surface area contributed by atoms with Crippen LogP contribution in [0.15, 0.2) is 54.6 Å². The third kappa shape index (κ3) is 3.22. The van der Waals surface area contributed by atoms with Crippen LogP contribution in [0.4, 0.5) is 15.9 Å². The minimum absolute atomic E-state index is 0.0424. The molecule has 2 heterocycles. The molecule has 4 nitrogen and oxygen atoms in total. The lowest BCUT2D eigenvalue weighted by Gasteiger charge is -2.33. The molecular weight excluding hydrogens is 317 g/mol. The van der Waals surface area contributed by atoms with Crippen molar-refractivity contribution < 1.29 is 9.50 Å². The van der Waals surface area contributed by atoms with Crippen molar-refractivity contribution in [2.24, 2.45) is 0 Å². The van der Waals surface area contributed by atoms with Crippen molar-refractivity contribution in [2.75, 3.05) is 23.3 Å². The summed E-state index contributed by atoms with van der Waals surface area (Å²) in [6.45, 7) is 1.46. The molecule has 0 unspecified atom stereocenters. The normalized spacial score (nSPS) is 15.5. The van der Waals surface area contributed by atoms with Crippen LogP contribution in [0.3, 0.4) is 0 Å². The Hall–Kier alpha value is -2.82. The molecule has 0 aliphatic carbocycles. The number of piperidine rings is 1. The van der Waals surface area contributed by atoms with E-state index in [9.17, 15) is 9.50 Å². The maximum Gasteiger partial charge on any atom is 0.221 e. The predicted molar refractivity (Wildman–Crippen MR) is 97.1 cm³/mol. The number of nitrogens with one attached hydrogen (secondary N) is 1. The molecular formula is C20H19FN3O. The first kappa shape index (κ1) is 15.7. The summed E-state index contributed by atoms with van der Waals surface area (Å²) in [5.74, 6) is 0.241. The fourth-order valence-electron chi connectivity index (χ4n) is 3.35. The van der Waals surface area contributed by atoms with E-state index in [1.54, 1.807) is 18.2 Å². The predicted octanol–water partition coefficient (Wildman–Crippen LogP) is 4.60. The molecule has 0 saturated carbocycles. The standard InChI is InChI=1S/C20H19FN3O/c21-16-6-2-4-8-18(16)22-15-9-11-24(12-10-15)20-19(25)13-14-5-1-3-7-17(14)23-20/h1-8,13,15,22H,9-12H2. The molecule has 4 rings (SSSR count). The Balaban J connectivity index is 1.47. The Labute approximate surface area is 145 Å². The molecule has 1 fully saturated rings. The number of hydrogen-bond acceptors (Lipinski definition) is 3. The van der Waals surface area contributed by atoms with Gasteiger partial charge in [0.15, 0.2) is 5.82 Å². The molecule has 25 heavy (non-hydrogen) atoms. The molecule has 127 valence electrons. The zero-order chi connectivity index (χ0) is 17.2. The van der Waals surface area contributed by atoms with Gasteiger partial charge in [-0.25, -0.2) is 9.37 Å². The van der Waals surface area contributed by atoms with Crippen molar-refractivity contribution in [2.45, 2.75) is 18.9 Å². The fourth-order valence-corrected chi connectivity index (χ4v) is 3.35. The summed E-state index contributed by atoms with van der Waals surface area (Å²) in [5, 5.41) is 16.5. The lowest BCUT2D eigenvalue weighted by molar-refractivity contribution is 0.352. The van der Waals surface area contributed by atoms with E-state index in [1.165, 1.54) is 6.07 Å². The quantitative estimate of drug-likeness (QED) is 0.760. The number of benzene rings is 2. The molecule has 0 bridgehead atoms. The van der Waals surface area contributed by atoms with Crippen LogP contribution < -0.4 is 10.2 Å². The third-order valence-corrected chi connectivity index (χ3v) is 4.70. The Morgan fingerprint density at radius 1 is 1.04 bits per heavy atom. The summed E-state index contributed by atoms with van der Waals surface area (Å²) in [6, 6.07) is 16.2. The summed E-state index contributed by atoms with van der Waals surface area (Å²) in [4.78, 5) is 6.59. The van der Waals surface area contributed by atoms with Crippen LogP contribution in [0.1, 0.15) is 12.8 Å². The van der Waals surface area contributed by atoms with E-state index < -0.39 is 0 Å². The number of aromatic nitrogens is 1. The van der Waals surface area contributed by atoms with Gasteiger partial charge in [-0.2, -0.15) is 0 Å². The van der Waals surface area contributed by atoms with Gasteiger partial charge >= 0.3 is 0 Å². The van der Waals surface area contributed by atoms with Gasteiger partial charge in [0.2, 0.25) is 5.75 Å². The van der Waals surface area contributed by atoms with E-state index in [1.807, 2.05) is 35.2 Å². The zero-order valence-corrected chi connectivity index (χ0v) is 13.8. The highest BCUT2D eigenvalue weighted by Gasteiger charge is 2.23. The van der Waals surface area contributed by atoms with Gasteiger partial charge in [-0.15, -0.1) is 0 Å². The number of fused-ring (bicyclic) bond motifs is 1. The molecule has 0 spiro atoms. The van der Waals surface area contributed by atoms with Crippen molar-refractivity contribution in [3.05, 3.63) is 60.4 Å². The second-order valence-corrected chi connectivity index (χ2v) is 6.39. The van der Waals surface area contributed by atoms with Crippen molar-refractivity contribution >= 4 is 22.4 Å². The maximum atomic E-state index is 13.8. The lowest BCUT2D eigenvalue weighted by atomic mass is 10.0. The van der Waals surface area contributed by atoms with Gasteiger partial charge in [0.05, 0.1) is 11.2 Å². The molecule has 1 aliphatic heterocycles. The summed E-state index contributed by atoms with van der Waals surface area (Å²) in [5.41, 5.74) is 1.37. The van der Waals surface area contributed by atoms with Crippen LogP contribution >= 0.6 is 0 Å².